The number of fused-ring (bicyclic) bond motifs is 4. The van der Waals surface area contributed by atoms with E-state index in [-0.39, 0.29) is 5.41 Å². The summed E-state index contributed by atoms with van der Waals surface area (Å²) in [6.07, 6.45) is 0. The molecule has 328 valence electrons. The van der Waals surface area contributed by atoms with Crippen LogP contribution < -0.4 is 9.80 Å². The van der Waals surface area contributed by atoms with E-state index in [0.717, 1.165) is 45.3 Å². The highest BCUT2D eigenvalue weighted by molar-refractivity contribution is 6.11. The van der Waals surface area contributed by atoms with Crippen molar-refractivity contribution in [3.05, 3.63) is 278 Å². The molecule has 0 N–H and O–H groups in total. The Labute approximate surface area is 405 Å². The van der Waals surface area contributed by atoms with Crippen molar-refractivity contribution in [2.75, 3.05) is 9.80 Å². The van der Waals surface area contributed by atoms with Crippen molar-refractivity contribution in [2.24, 2.45) is 0 Å². The van der Waals surface area contributed by atoms with Gasteiger partial charge in [0.25, 0.3) is 0 Å². The molecule has 1 aliphatic rings. The van der Waals surface area contributed by atoms with Gasteiger partial charge in [0.05, 0.1) is 0 Å². The van der Waals surface area contributed by atoms with E-state index < -0.39 is 0 Å². The van der Waals surface area contributed by atoms with Crippen molar-refractivity contribution in [3.63, 3.8) is 0 Å². The Morgan fingerprint density at radius 3 is 1.32 bits per heavy atom. The van der Waals surface area contributed by atoms with Crippen LogP contribution in [-0.2, 0) is 5.41 Å². The molecular formula is C67H50N2. The molecule has 0 radical (unpaired) electrons. The summed E-state index contributed by atoms with van der Waals surface area (Å²) >= 11 is 0. The first-order chi connectivity index (χ1) is 34.0. The lowest BCUT2D eigenvalue weighted by molar-refractivity contribution is 0.660. The van der Waals surface area contributed by atoms with Crippen molar-refractivity contribution >= 4 is 44.9 Å². The van der Waals surface area contributed by atoms with Crippen molar-refractivity contribution in [2.45, 2.75) is 19.3 Å². The van der Waals surface area contributed by atoms with Gasteiger partial charge in [-0.2, -0.15) is 0 Å². The van der Waals surface area contributed by atoms with Crippen LogP contribution in [0.5, 0.6) is 0 Å². The summed E-state index contributed by atoms with van der Waals surface area (Å²) in [6, 6.07) is 97.6. The molecule has 0 saturated heterocycles. The van der Waals surface area contributed by atoms with Crippen LogP contribution in [0.4, 0.5) is 34.1 Å². The van der Waals surface area contributed by atoms with Crippen LogP contribution in [0.3, 0.4) is 0 Å². The molecule has 0 aliphatic heterocycles. The maximum atomic E-state index is 2.47. The fourth-order valence-corrected chi connectivity index (χ4v) is 10.7. The molecule has 0 saturated carbocycles. The number of anilines is 6. The van der Waals surface area contributed by atoms with Crippen LogP contribution in [0.15, 0.2) is 267 Å². The van der Waals surface area contributed by atoms with Gasteiger partial charge in [0, 0.05) is 39.5 Å². The first-order valence-corrected chi connectivity index (χ1v) is 23.9. The van der Waals surface area contributed by atoms with Crippen molar-refractivity contribution in [1.82, 2.24) is 0 Å². The van der Waals surface area contributed by atoms with Crippen LogP contribution in [0.2, 0.25) is 0 Å². The Bertz CT molecular complexity index is 3560. The maximum absolute atomic E-state index is 2.47. The van der Waals surface area contributed by atoms with E-state index in [0.29, 0.717) is 0 Å². The van der Waals surface area contributed by atoms with Gasteiger partial charge in [0.15, 0.2) is 0 Å². The fraction of sp³-hybridized carbons (Fsp3) is 0.0448. The van der Waals surface area contributed by atoms with E-state index in [4.69, 9.17) is 0 Å². The number of rotatable bonds is 10. The summed E-state index contributed by atoms with van der Waals surface area (Å²) in [7, 11) is 0. The van der Waals surface area contributed by atoms with Gasteiger partial charge in [-0.1, -0.05) is 208 Å². The third-order valence-corrected chi connectivity index (χ3v) is 14.0. The zero-order chi connectivity index (χ0) is 46.3. The molecular weight excluding hydrogens is 833 g/mol. The largest absolute Gasteiger partial charge is 0.310 e. The molecule has 0 unspecified atom stereocenters. The zero-order valence-electron chi connectivity index (χ0n) is 38.8. The molecule has 0 fully saturated rings. The molecule has 12 rings (SSSR count). The second-order valence-corrected chi connectivity index (χ2v) is 18.5. The molecule has 11 aromatic carbocycles. The lowest BCUT2D eigenvalue weighted by Gasteiger charge is -2.31. The lowest BCUT2D eigenvalue weighted by atomic mass is 9.82. The minimum Gasteiger partial charge on any atom is -0.310 e. The minimum atomic E-state index is -0.182. The third kappa shape index (κ3) is 7.57. The molecule has 0 aromatic heterocycles. The number of hydrogen-bond acceptors (Lipinski definition) is 2. The van der Waals surface area contributed by atoms with Gasteiger partial charge >= 0.3 is 0 Å². The van der Waals surface area contributed by atoms with E-state index in [1.165, 1.54) is 66.4 Å². The topological polar surface area (TPSA) is 6.48 Å². The van der Waals surface area contributed by atoms with E-state index in [1.807, 2.05) is 0 Å². The summed E-state index contributed by atoms with van der Waals surface area (Å²) in [5.74, 6) is 0. The van der Waals surface area contributed by atoms with Crippen LogP contribution in [0.1, 0.15) is 25.0 Å². The highest BCUT2D eigenvalue weighted by Crippen LogP contribution is 2.52. The molecule has 0 bridgehead atoms. The van der Waals surface area contributed by atoms with E-state index in [2.05, 4.69) is 291 Å². The highest BCUT2D eigenvalue weighted by Gasteiger charge is 2.36. The first-order valence-electron chi connectivity index (χ1n) is 23.9. The summed E-state index contributed by atoms with van der Waals surface area (Å²) < 4.78 is 0. The van der Waals surface area contributed by atoms with Gasteiger partial charge < -0.3 is 9.80 Å². The van der Waals surface area contributed by atoms with Gasteiger partial charge in [-0.15, -0.1) is 0 Å². The molecule has 2 nitrogen and oxygen atoms in total. The first kappa shape index (κ1) is 41.7. The molecule has 11 aromatic rings. The third-order valence-electron chi connectivity index (χ3n) is 14.0. The predicted molar refractivity (Wildman–Crippen MR) is 293 cm³/mol. The van der Waals surface area contributed by atoms with Gasteiger partial charge in [-0.05, 0) is 150 Å². The van der Waals surface area contributed by atoms with Crippen LogP contribution in [0, 0.1) is 0 Å². The van der Waals surface area contributed by atoms with Gasteiger partial charge in [-0.25, -0.2) is 0 Å². The minimum absolute atomic E-state index is 0.182. The van der Waals surface area contributed by atoms with Crippen molar-refractivity contribution in [1.29, 1.82) is 0 Å². The van der Waals surface area contributed by atoms with E-state index in [1.54, 1.807) is 0 Å². The number of nitrogens with zero attached hydrogens (tertiary/aromatic N) is 2. The van der Waals surface area contributed by atoms with E-state index in [9.17, 15) is 0 Å². The van der Waals surface area contributed by atoms with Crippen LogP contribution >= 0.6 is 0 Å². The SMILES string of the molecule is CC1(C)c2ccccc2-c2ccc(N(c3ccc(-c4ccccc4)cc3)c3cc(-c4cc(-c5ccccc5)c5ccccc5c4-c4ccccc4)cc(N(c4ccccc4)c4ccccc4)c3)cc21. The summed E-state index contributed by atoms with van der Waals surface area (Å²) in [5, 5.41) is 2.43. The molecule has 0 heterocycles. The van der Waals surface area contributed by atoms with Gasteiger partial charge in [-0.3, -0.25) is 0 Å². The second kappa shape index (κ2) is 17.5. The maximum Gasteiger partial charge on any atom is 0.0488 e. The number of benzene rings is 11. The summed E-state index contributed by atoms with van der Waals surface area (Å²) in [4.78, 5) is 4.87. The molecule has 0 atom stereocenters. The summed E-state index contributed by atoms with van der Waals surface area (Å²) in [5.41, 5.74) is 20.9. The Balaban J connectivity index is 1.17. The number of hydrogen-bond donors (Lipinski definition) is 0. The molecule has 0 spiro atoms. The Kier molecular flexibility index (Phi) is 10.6. The number of para-hydroxylation sites is 2. The van der Waals surface area contributed by atoms with Gasteiger partial charge in [0.1, 0.15) is 0 Å². The molecule has 2 heteroatoms. The monoisotopic (exact) mass is 882 g/mol. The molecule has 1 aliphatic carbocycles. The standard InChI is InChI=1S/C67H50N2/c1-67(2)64-35-21-20-33-59(64)60-41-40-55(45-65(60)67)69(54-38-36-48(37-39-54)47-22-8-3-9-23-47)57-43-51(42-56(44-57)68(52-28-14-6-15-29-52)53-30-16-7-17-31-53)63-46-62(49-24-10-4-11-25-49)58-32-18-19-34-61(58)66(63)50-26-12-5-13-27-50/h3-46H,1-2H3. The average Bonchev–Trinajstić information content (AvgIpc) is 3.64. The fourth-order valence-electron chi connectivity index (χ4n) is 10.7. The average molecular weight is 883 g/mol. The van der Waals surface area contributed by atoms with Crippen LogP contribution in [-0.4, -0.2) is 0 Å². The summed E-state index contributed by atoms with van der Waals surface area (Å²) in [6.45, 7) is 4.73. The van der Waals surface area contributed by atoms with Crippen molar-refractivity contribution in [3.8, 4) is 55.6 Å². The van der Waals surface area contributed by atoms with Crippen molar-refractivity contribution < 1.29 is 0 Å². The Morgan fingerprint density at radius 2 is 0.696 bits per heavy atom. The molecule has 0 amide bonds. The molecule has 69 heavy (non-hydrogen) atoms. The quantitative estimate of drug-likeness (QED) is 0.135. The highest BCUT2D eigenvalue weighted by atomic mass is 15.2. The zero-order valence-corrected chi connectivity index (χ0v) is 38.8. The van der Waals surface area contributed by atoms with Crippen LogP contribution in [0.25, 0.3) is 66.4 Å². The Hall–Kier alpha value is -8.72. The Morgan fingerprint density at radius 1 is 0.246 bits per heavy atom. The smallest absolute Gasteiger partial charge is 0.0488 e. The lowest BCUT2D eigenvalue weighted by Crippen LogP contribution is -2.17. The van der Waals surface area contributed by atoms with E-state index >= 15 is 0 Å². The van der Waals surface area contributed by atoms with Gasteiger partial charge in [0.2, 0.25) is 0 Å². The predicted octanol–water partition coefficient (Wildman–Crippen LogP) is 18.8. The second-order valence-electron chi connectivity index (χ2n) is 18.5. The normalized spacial score (nSPS) is 12.3.